The molecule has 8 atom stereocenters. The molecule has 15 nitrogen and oxygen atoms in total. The van der Waals surface area contributed by atoms with Crippen molar-refractivity contribution < 1.29 is 63.0 Å². The van der Waals surface area contributed by atoms with Gasteiger partial charge in [0, 0.05) is 6.54 Å². The van der Waals surface area contributed by atoms with Gasteiger partial charge in [-0.25, -0.2) is 4.79 Å². The van der Waals surface area contributed by atoms with Gasteiger partial charge in [-0.1, -0.05) is 0 Å². The van der Waals surface area contributed by atoms with Crippen LogP contribution in [0.15, 0.2) is 0 Å². The largest absolute Gasteiger partial charge is 0.464 e. The highest BCUT2D eigenvalue weighted by Crippen LogP contribution is 2.40. The van der Waals surface area contributed by atoms with Gasteiger partial charge in [-0.05, 0) is 33.1 Å². The fraction of sp³-hybridized carbons (Fsp3) is 0.810. The van der Waals surface area contributed by atoms with Crippen molar-refractivity contribution in [1.82, 2.24) is 21.3 Å². The first-order chi connectivity index (χ1) is 17.7. The van der Waals surface area contributed by atoms with Gasteiger partial charge in [0.1, 0.15) is 30.5 Å². The predicted molar refractivity (Wildman–Crippen MR) is 120 cm³/mol. The van der Waals surface area contributed by atoms with Gasteiger partial charge in [0.05, 0.1) is 19.3 Å². The molecule has 2 heterocycles. The fourth-order valence-corrected chi connectivity index (χ4v) is 3.90. The van der Waals surface area contributed by atoms with E-state index in [1.54, 1.807) is 6.92 Å². The van der Waals surface area contributed by atoms with E-state index in [2.05, 4.69) is 20.7 Å². The van der Waals surface area contributed by atoms with E-state index in [4.69, 9.17) is 9.84 Å². The van der Waals surface area contributed by atoms with E-state index >= 15 is 0 Å². The van der Waals surface area contributed by atoms with Crippen LogP contribution in [0.2, 0.25) is 0 Å². The Morgan fingerprint density at radius 2 is 1.87 bits per heavy atom. The number of amides is 3. The molecule has 0 radical (unpaired) electrons. The van der Waals surface area contributed by atoms with Crippen molar-refractivity contribution in [2.24, 2.45) is 0 Å². The van der Waals surface area contributed by atoms with Gasteiger partial charge < -0.3 is 51.0 Å². The van der Waals surface area contributed by atoms with Crippen LogP contribution < -0.4 is 21.3 Å². The number of nitrogens with one attached hydrogen (secondary N) is 4. The maximum absolute atomic E-state index is 14.7. The van der Waals surface area contributed by atoms with Crippen molar-refractivity contribution in [3.05, 3.63) is 0 Å². The number of ether oxygens (including phenoxy) is 2. The minimum atomic E-state index is -4.80. The summed E-state index contributed by atoms with van der Waals surface area (Å²) in [5, 5.41) is 58.0. The normalized spacial score (nSPS) is 32.3. The van der Waals surface area contributed by atoms with Crippen LogP contribution in [0.4, 0.5) is 8.78 Å². The first-order valence-electron chi connectivity index (χ1n) is 12.0. The number of aliphatic hydroxyl groups excluding tert-OH is 4. The molecule has 218 valence electrons. The quantitative estimate of drug-likeness (QED) is 0.0818. The van der Waals surface area contributed by atoms with Crippen molar-refractivity contribution in [3.8, 4) is 0 Å². The van der Waals surface area contributed by atoms with E-state index in [0.717, 1.165) is 0 Å². The second kappa shape index (κ2) is 13.0. The van der Waals surface area contributed by atoms with Crippen LogP contribution in [0.1, 0.15) is 33.1 Å². The third-order valence-electron chi connectivity index (χ3n) is 6.14. The highest BCUT2D eigenvalue weighted by atomic mass is 19.3. The third kappa shape index (κ3) is 6.71. The van der Waals surface area contributed by atoms with Crippen LogP contribution in [-0.2, 0) is 28.7 Å². The number of rotatable bonds is 12. The van der Waals surface area contributed by atoms with E-state index < -0.39 is 84.7 Å². The second-order valence-corrected chi connectivity index (χ2v) is 8.93. The van der Waals surface area contributed by atoms with Gasteiger partial charge in [0.25, 0.3) is 17.6 Å². The minimum Gasteiger partial charge on any atom is -0.464 e. The molecule has 0 saturated carbocycles. The van der Waals surface area contributed by atoms with Crippen molar-refractivity contribution in [3.63, 3.8) is 0 Å². The zero-order chi connectivity index (χ0) is 28.8. The molecule has 3 amide bonds. The van der Waals surface area contributed by atoms with Crippen LogP contribution in [0.3, 0.4) is 0 Å². The van der Waals surface area contributed by atoms with Gasteiger partial charge in [0.15, 0.2) is 6.17 Å². The average Bonchev–Trinajstić information content (AvgIpc) is 3.24. The van der Waals surface area contributed by atoms with E-state index in [9.17, 15) is 48.4 Å². The molecule has 0 aromatic carbocycles. The lowest BCUT2D eigenvalue weighted by Crippen LogP contribution is -2.73. The van der Waals surface area contributed by atoms with Crippen molar-refractivity contribution in [2.45, 2.75) is 87.5 Å². The first kappa shape index (κ1) is 31.7. The Kier molecular flexibility index (Phi) is 10.8. The molecule has 0 unspecified atom stereocenters. The minimum absolute atomic E-state index is 0.0898. The first-order valence-corrected chi connectivity index (χ1v) is 12.0. The topological polar surface area (TPSA) is 236 Å². The van der Waals surface area contributed by atoms with Crippen LogP contribution in [0.25, 0.3) is 0 Å². The summed E-state index contributed by atoms with van der Waals surface area (Å²) in [4.78, 5) is 48.1. The monoisotopic (exact) mass is 556 g/mol. The molecule has 0 aliphatic carbocycles. The van der Waals surface area contributed by atoms with Gasteiger partial charge in [-0.3, -0.25) is 19.7 Å². The molecule has 0 bridgehead atoms. The second-order valence-electron chi connectivity index (χ2n) is 8.93. The molecule has 2 aliphatic rings. The van der Waals surface area contributed by atoms with Crippen molar-refractivity contribution in [2.75, 3.05) is 19.8 Å². The molecule has 0 aromatic rings. The number of alkyl halides is 2. The molecular weight excluding hydrogens is 522 g/mol. The fourth-order valence-electron chi connectivity index (χ4n) is 3.90. The van der Waals surface area contributed by atoms with E-state index in [1.807, 2.05) is 5.32 Å². The summed E-state index contributed by atoms with van der Waals surface area (Å²) < 4.78 is 38.7. The summed E-state index contributed by atoms with van der Waals surface area (Å²) >= 11 is 0. The number of carbonyl (C=O) groups is 4. The smallest absolute Gasteiger partial charge is 0.379 e. The SMILES string of the molecule is CCOC(=O)[C@H](C)NC(=O)[C@H]1NC(=O)[C@H](CCCCNC(=O)C(F)(F)[C@]2(O)O[C@H](CO)[C@H](O)[C@H](O)[C@H]2O)N1. The van der Waals surface area contributed by atoms with Crippen molar-refractivity contribution >= 4 is 23.7 Å². The Morgan fingerprint density at radius 1 is 1.21 bits per heavy atom. The van der Waals surface area contributed by atoms with E-state index in [0.29, 0.717) is 0 Å². The number of unbranched alkanes of at least 4 members (excludes halogenated alkanes) is 1. The summed E-state index contributed by atoms with van der Waals surface area (Å²) in [6.07, 6.45) is -9.65. The van der Waals surface area contributed by atoms with Crippen LogP contribution in [0.5, 0.6) is 0 Å². The Balaban J connectivity index is 1.81. The summed E-state index contributed by atoms with van der Waals surface area (Å²) in [6.45, 7) is 1.71. The summed E-state index contributed by atoms with van der Waals surface area (Å²) in [5.74, 6) is -12.6. The molecule has 9 N–H and O–H groups in total. The lowest BCUT2D eigenvalue weighted by molar-refractivity contribution is -0.401. The van der Waals surface area contributed by atoms with Crippen LogP contribution >= 0.6 is 0 Å². The molecule has 2 fully saturated rings. The predicted octanol–water partition coefficient (Wildman–Crippen LogP) is -4.45. The van der Waals surface area contributed by atoms with E-state index in [1.165, 1.54) is 6.92 Å². The number of esters is 1. The van der Waals surface area contributed by atoms with Crippen LogP contribution in [0, 0.1) is 0 Å². The molecule has 2 rings (SSSR count). The Labute approximate surface area is 215 Å². The van der Waals surface area contributed by atoms with E-state index in [-0.39, 0.29) is 32.4 Å². The third-order valence-corrected chi connectivity index (χ3v) is 6.14. The average molecular weight is 557 g/mol. The van der Waals surface area contributed by atoms with Crippen LogP contribution in [-0.4, -0.2) is 123 Å². The summed E-state index contributed by atoms with van der Waals surface area (Å²) in [6, 6.07) is -1.75. The van der Waals surface area contributed by atoms with Gasteiger partial charge in [-0.15, -0.1) is 0 Å². The maximum atomic E-state index is 14.7. The molecule has 2 aliphatic heterocycles. The molecule has 2 saturated heterocycles. The lowest BCUT2D eigenvalue weighted by Gasteiger charge is -2.47. The summed E-state index contributed by atoms with van der Waals surface area (Å²) in [7, 11) is 0. The summed E-state index contributed by atoms with van der Waals surface area (Å²) in [5.41, 5.74) is 0. The number of hydrogen-bond donors (Lipinski definition) is 9. The zero-order valence-electron chi connectivity index (χ0n) is 20.7. The number of aliphatic hydroxyl groups is 5. The molecular formula is C21H34F2N4O11. The standard InChI is InChI=1S/C21H34F2N4O11/c1-3-37-18(34)9(2)25-17(33)15-26-10(16(32)27-15)6-4-5-7-24-19(35)20(22,23)21(36)14(31)13(30)12(29)11(8-28)38-21/h9-15,26,28-31,36H,3-8H2,1-2H3,(H,24,35)(H,25,33)(H,27,32)/t9-,10-,11+,12-,13-,14+,15+,21+/m0/s1. The highest BCUT2D eigenvalue weighted by molar-refractivity contribution is 5.94. The molecule has 17 heteroatoms. The zero-order valence-corrected chi connectivity index (χ0v) is 20.7. The number of halogens is 2. The van der Waals surface area contributed by atoms with Gasteiger partial charge in [-0.2, -0.15) is 8.78 Å². The lowest BCUT2D eigenvalue weighted by atomic mass is 9.88. The van der Waals surface area contributed by atoms with Gasteiger partial charge in [0.2, 0.25) is 5.91 Å². The number of carbonyl (C=O) groups excluding carboxylic acids is 4. The highest BCUT2D eigenvalue weighted by Gasteiger charge is 2.69. The maximum Gasteiger partial charge on any atom is 0.379 e. The Bertz CT molecular complexity index is 880. The Hall–Kier alpha value is -2.54. The molecule has 0 aromatic heterocycles. The number of hydrogen-bond acceptors (Lipinski definition) is 12. The van der Waals surface area contributed by atoms with Gasteiger partial charge >= 0.3 is 11.9 Å². The Morgan fingerprint density at radius 3 is 2.47 bits per heavy atom. The molecule has 38 heavy (non-hydrogen) atoms. The molecule has 0 spiro atoms. The van der Waals surface area contributed by atoms with Crippen molar-refractivity contribution in [1.29, 1.82) is 0 Å².